The van der Waals surface area contributed by atoms with E-state index in [9.17, 15) is 5.11 Å². The zero-order chi connectivity index (χ0) is 21.5. The van der Waals surface area contributed by atoms with E-state index in [4.69, 9.17) is 19.3 Å². The van der Waals surface area contributed by atoms with Gasteiger partial charge in [-0.05, 0) is 43.3 Å². The van der Waals surface area contributed by atoms with Crippen molar-refractivity contribution < 1.29 is 19.3 Å². The standard InChI is InChI=1S/C25H24N2O4/c1-15-8-10-22(28)18(12-15)20-14-21-17-6-4-5-7-24(17)31-25(27(21)26-20)19-13-16(29-2)9-11-23(19)30-3/h4-13,21,25,28H,14H2,1-3H3/t21-,25+/m0/s1. The summed E-state index contributed by atoms with van der Waals surface area (Å²) in [6.45, 7) is 2.01. The van der Waals surface area contributed by atoms with Crippen LogP contribution >= 0.6 is 0 Å². The van der Waals surface area contributed by atoms with Gasteiger partial charge in [-0.25, -0.2) is 5.01 Å². The number of ether oxygens (including phenoxy) is 3. The Balaban J connectivity index is 1.65. The highest BCUT2D eigenvalue weighted by Crippen LogP contribution is 2.49. The molecular weight excluding hydrogens is 392 g/mol. The normalized spacial score (nSPS) is 19.2. The van der Waals surface area contributed by atoms with Crippen molar-refractivity contribution in [3.63, 3.8) is 0 Å². The van der Waals surface area contributed by atoms with E-state index in [1.807, 2.05) is 60.5 Å². The largest absolute Gasteiger partial charge is 0.507 e. The average molecular weight is 416 g/mol. The number of rotatable bonds is 4. The summed E-state index contributed by atoms with van der Waals surface area (Å²) in [5.74, 6) is 2.47. The molecule has 0 radical (unpaired) electrons. The predicted octanol–water partition coefficient (Wildman–Crippen LogP) is 4.96. The van der Waals surface area contributed by atoms with Gasteiger partial charge in [0.1, 0.15) is 23.0 Å². The van der Waals surface area contributed by atoms with Gasteiger partial charge >= 0.3 is 0 Å². The van der Waals surface area contributed by atoms with E-state index in [2.05, 4.69) is 6.07 Å². The summed E-state index contributed by atoms with van der Waals surface area (Å²) in [4.78, 5) is 0. The lowest BCUT2D eigenvalue weighted by molar-refractivity contribution is -0.0204. The summed E-state index contributed by atoms with van der Waals surface area (Å²) in [6.07, 6.45) is 0.176. The highest BCUT2D eigenvalue weighted by molar-refractivity contribution is 6.04. The molecule has 5 rings (SSSR count). The maximum atomic E-state index is 10.5. The Bertz CT molecular complexity index is 1170. The molecule has 0 amide bonds. The van der Waals surface area contributed by atoms with Crippen LogP contribution in [0.4, 0.5) is 0 Å². The van der Waals surface area contributed by atoms with Crippen LogP contribution in [0.1, 0.15) is 40.9 Å². The number of aryl methyl sites for hydroxylation is 1. The SMILES string of the molecule is COc1ccc(OC)c([C@H]2Oc3ccccc3[C@@H]3CC(c4cc(C)ccc4O)=NN23)c1. The topological polar surface area (TPSA) is 63.5 Å². The molecule has 0 saturated carbocycles. The van der Waals surface area contributed by atoms with Crippen LogP contribution in [0.2, 0.25) is 0 Å². The lowest BCUT2D eigenvalue weighted by atomic mass is 9.95. The molecule has 2 atom stereocenters. The zero-order valence-electron chi connectivity index (χ0n) is 17.7. The molecule has 3 aromatic carbocycles. The molecule has 31 heavy (non-hydrogen) atoms. The summed E-state index contributed by atoms with van der Waals surface area (Å²) in [6, 6.07) is 19.3. The van der Waals surface area contributed by atoms with Crippen LogP contribution in [0, 0.1) is 6.92 Å². The molecule has 158 valence electrons. The Hall–Kier alpha value is -3.67. The summed E-state index contributed by atoms with van der Waals surface area (Å²) in [7, 11) is 3.28. The van der Waals surface area contributed by atoms with E-state index in [0.717, 1.165) is 39.5 Å². The Morgan fingerprint density at radius 3 is 2.65 bits per heavy atom. The number of benzene rings is 3. The number of aromatic hydroxyl groups is 1. The number of fused-ring (bicyclic) bond motifs is 3. The Kier molecular flexibility index (Phi) is 4.70. The maximum absolute atomic E-state index is 10.5. The third-order valence-corrected chi connectivity index (χ3v) is 5.86. The molecule has 0 unspecified atom stereocenters. The van der Waals surface area contributed by atoms with Gasteiger partial charge in [0.2, 0.25) is 6.23 Å². The molecule has 1 N–H and O–H groups in total. The minimum atomic E-state index is -0.491. The fourth-order valence-corrected chi connectivity index (χ4v) is 4.32. The predicted molar refractivity (Wildman–Crippen MR) is 118 cm³/mol. The van der Waals surface area contributed by atoms with Crippen molar-refractivity contribution in [3.05, 3.63) is 82.9 Å². The van der Waals surface area contributed by atoms with Gasteiger partial charge in [0.15, 0.2) is 0 Å². The van der Waals surface area contributed by atoms with E-state index in [0.29, 0.717) is 12.2 Å². The first-order valence-corrected chi connectivity index (χ1v) is 10.2. The quantitative estimate of drug-likeness (QED) is 0.651. The molecule has 0 saturated heterocycles. The number of para-hydroxylation sites is 1. The van der Waals surface area contributed by atoms with Crippen molar-refractivity contribution in [1.82, 2.24) is 5.01 Å². The molecule has 0 fully saturated rings. The van der Waals surface area contributed by atoms with E-state index in [-0.39, 0.29) is 11.8 Å². The van der Waals surface area contributed by atoms with E-state index >= 15 is 0 Å². The van der Waals surface area contributed by atoms with Gasteiger partial charge in [-0.1, -0.05) is 29.8 Å². The highest BCUT2D eigenvalue weighted by Gasteiger charge is 2.42. The van der Waals surface area contributed by atoms with Crippen molar-refractivity contribution in [3.8, 4) is 23.0 Å². The number of hydrazone groups is 1. The second-order valence-corrected chi connectivity index (χ2v) is 7.78. The number of hydrogen-bond acceptors (Lipinski definition) is 6. The molecular formula is C25H24N2O4. The molecule has 2 heterocycles. The zero-order valence-corrected chi connectivity index (χ0v) is 17.7. The molecule has 2 aliphatic heterocycles. The average Bonchev–Trinajstić information content (AvgIpc) is 3.25. The number of methoxy groups -OCH3 is 2. The molecule has 0 bridgehead atoms. The molecule has 0 spiro atoms. The molecule has 3 aromatic rings. The van der Waals surface area contributed by atoms with Gasteiger partial charge in [-0.2, -0.15) is 5.10 Å². The van der Waals surface area contributed by atoms with Gasteiger partial charge in [-0.3, -0.25) is 0 Å². The molecule has 6 nitrogen and oxygen atoms in total. The summed E-state index contributed by atoms with van der Waals surface area (Å²) >= 11 is 0. The van der Waals surface area contributed by atoms with Crippen molar-refractivity contribution in [1.29, 1.82) is 0 Å². The maximum Gasteiger partial charge on any atom is 0.217 e. The fourth-order valence-electron chi connectivity index (χ4n) is 4.32. The second-order valence-electron chi connectivity index (χ2n) is 7.78. The van der Waals surface area contributed by atoms with Crippen LogP contribution in [0.25, 0.3) is 0 Å². The van der Waals surface area contributed by atoms with Gasteiger partial charge in [0.25, 0.3) is 0 Å². The van der Waals surface area contributed by atoms with E-state index in [1.165, 1.54) is 0 Å². The van der Waals surface area contributed by atoms with E-state index in [1.54, 1.807) is 20.3 Å². The van der Waals surface area contributed by atoms with Gasteiger partial charge in [0.05, 0.1) is 31.5 Å². The minimum Gasteiger partial charge on any atom is -0.507 e. The van der Waals surface area contributed by atoms with Crippen molar-refractivity contribution in [2.24, 2.45) is 5.10 Å². The molecule has 6 heteroatoms. The summed E-state index contributed by atoms with van der Waals surface area (Å²) in [5.41, 5.74) is 4.57. The molecule has 2 aliphatic rings. The molecule has 0 aromatic heterocycles. The van der Waals surface area contributed by atoms with Crippen LogP contribution in [0.15, 0.2) is 65.8 Å². The smallest absolute Gasteiger partial charge is 0.217 e. The highest BCUT2D eigenvalue weighted by atomic mass is 16.5. The van der Waals surface area contributed by atoms with Crippen molar-refractivity contribution in [2.75, 3.05) is 14.2 Å². The third kappa shape index (κ3) is 3.24. The van der Waals surface area contributed by atoms with Gasteiger partial charge < -0.3 is 19.3 Å². The lowest BCUT2D eigenvalue weighted by Gasteiger charge is -2.38. The first-order chi connectivity index (χ1) is 15.1. The first kappa shape index (κ1) is 19.3. The number of phenolic OH excluding ortho intramolecular Hbond substituents is 1. The van der Waals surface area contributed by atoms with Gasteiger partial charge in [0, 0.05) is 17.5 Å². The van der Waals surface area contributed by atoms with Crippen LogP contribution in [-0.4, -0.2) is 30.0 Å². The summed E-state index contributed by atoms with van der Waals surface area (Å²) in [5, 5.41) is 17.4. The van der Waals surface area contributed by atoms with Crippen LogP contribution in [0.5, 0.6) is 23.0 Å². The second kappa shape index (κ2) is 7.54. The van der Waals surface area contributed by atoms with Crippen LogP contribution < -0.4 is 14.2 Å². The summed E-state index contributed by atoms with van der Waals surface area (Å²) < 4.78 is 17.5. The first-order valence-electron chi connectivity index (χ1n) is 10.2. The monoisotopic (exact) mass is 416 g/mol. The number of hydrogen-bond donors (Lipinski definition) is 1. The third-order valence-electron chi connectivity index (χ3n) is 5.86. The van der Waals surface area contributed by atoms with Gasteiger partial charge in [-0.15, -0.1) is 0 Å². The van der Waals surface area contributed by atoms with Crippen LogP contribution in [0.3, 0.4) is 0 Å². The Labute approximate surface area is 181 Å². The fraction of sp³-hybridized carbons (Fsp3) is 0.240. The van der Waals surface area contributed by atoms with Crippen molar-refractivity contribution in [2.45, 2.75) is 25.6 Å². The lowest BCUT2D eigenvalue weighted by Crippen LogP contribution is -2.33. The van der Waals surface area contributed by atoms with Crippen LogP contribution in [-0.2, 0) is 0 Å². The number of nitrogens with zero attached hydrogens (tertiary/aromatic N) is 2. The Morgan fingerprint density at radius 2 is 1.84 bits per heavy atom. The molecule has 0 aliphatic carbocycles. The minimum absolute atomic E-state index is 0.0132. The number of phenols is 1. The Morgan fingerprint density at radius 1 is 1.00 bits per heavy atom. The van der Waals surface area contributed by atoms with E-state index < -0.39 is 6.23 Å². The van der Waals surface area contributed by atoms with Crippen molar-refractivity contribution >= 4 is 5.71 Å².